The molecule has 3 rings (SSSR count). The molecule has 4 atom stereocenters. The molecule has 6 nitrogen and oxygen atoms in total. The highest BCUT2D eigenvalue weighted by Gasteiger charge is 2.43. The quantitative estimate of drug-likeness (QED) is 0.853. The van der Waals surface area contributed by atoms with Gasteiger partial charge in [0.1, 0.15) is 0 Å². The Bertz CT molecular complexity index is 467. The zero-order valence-corrected chi connectivity index (χ0v) is 9.95. The standard InChI is InChI=1S/C12H15N3O3/c13-4-3-7(16)5-11-14-12(15-18-11)9-6-8-1-2-10(9)17-8/h7-10,16H,1-3,5-6H2. The molecule has 3 heterocycles. The number of aromatic nitrogens is 2. The van der Waals surface area contributed by atoms with Gasteiger partial charge in [0.15, 0.2) is 5.82 Å². The summed E-state index contributed by atoms with van der Waals surface area (Å²) in [7, 11) is 0. The molecule has 6 heteroatoms. The minimum atomic E-state index is -0.737. The van der Waals surface area contributed by atoms with Crippen molar-refractivity contribution < 1.29 is 14.4 Å². The zero-order chi connectivity index (χ0) is 12.5. The Hall–Kier alpha value is -1.45. The molecule has 2 saturated heterocycles. The molecule has 0 amide bonds. The van der Waals surface area contributed by atoms with Gasteiger partial charge in [-0.3, -0.25) is 0 Å². The van der Waals surface area contributed by atoms with Gasteiger partial charge in [-0.2, -0.15) is 10.2 Å². The molecule has 96 valence electrons. The number of rotatable bonds is 4. The predicted octanol–water partition coefficient (Wildman–Crippen LogP) is 0.922. The van der Waals surface area contributed by atoms with Gasteiger partial charge in [0, 0.05) is 0 Å². The van der Waals surface area contributed by atoms with E-state index >= 15 is 0 Å². The number of fused-ring (bicyclic) bond motifs is 2. The Kier molecular flexibility index (Phi) is 3.02. The fraction of sp³-hybridized carbons (Fsp3) is 0.750. The third-order valence-corrected chi connectivity index (χ3v) is 3.66. The fourth-order valence-corrected chi connectivity index (χ4v) is 2.79. The van der Waals surface area contributed by atoms with Crippen molar-refractivity contribution in [2.75, 3.05) is 0 Å². The minimum absolute atomic E-state index is 0.0783. The minimum Gasteiger partial charge on any atom is -0.392 e. The Balaban J connectivity index is 1.65. The van der Waals surface area contributed by atoms with Crippen LogP contribution in [0, 0.1) is 11.3 Å². The van der Waals surface area contributed by atoms with E-state index in [1.165, 1.54) is 0 Å². The van der Waals surface area contributed by atoms with E-state index in [9.17, 15) is 5.11 Å². The van der Waals surface area contributed by atoms with Gasteiger partial charge in [-0.1, -0.05) is 5.16 Å². The topological polar surface area (TPSA) is 92.2 Å². The molecule has 0 aliphatic carbocycles. The third-order valence-electron chi connectivity index (χ3n) is 3.66. The first-order chi connectivity index (χ1) is 8.76. The number of nitriles is 1. The van der Waals surface area contributed by atoms with Crippen LogP contribution in [0.25, 0.3) is 0 Å². The van der Waals surface area contributed by atoms with Crippen LogP contribution in [0.15, 0.2) is 4.52 Å². The molecule has 4 unspecified atom stereocenters. The van der Waals surface area contributed by atoms with Crippen LogP contribution < -0.4 is 0 Å². The zero-order valence-electron chi connectivity index (χ0n) is 9.95. The molecular formula is C12H15N3O3. The molecule has 18 heavy (non-hydrogen) atoms. The molecule has 2 aliphatic rings. The van der Waals surface area contributed by atoms with Gasteiger partial charge >= 0.3 is 0 Å². The van der Waals surface area contributed by atoms with Crippen LogP contribution in [0.1, 0.15) is 43.3 Å². The number of ether oxygens (including phenoxy) is 1. The van der Waals surface area contributed by atoms with Crippen molar-refractivity contribution in [3.63, 3.8) is 0 Å². The van der Waals surface area contributed by atoms with Crippen molar-refractivity contribution in [3.05, 3.63) is 11.7 Å². The van der Waals surface area contributed by atoms with E-state index in [2.05, 4.69) is 10.1 Å². The summed E-state index contributed by atoms with van der Waals surface area (Å²) in [5.41, 5.74) is 0. The van der Waals surface area contributed by atoms with Gasteiger partial charge in [0.2, 0.25) is 5.89 Å². The molecule has 0 saturated carbocycles. The first-order valence-electron chi connectivity index (χ1n) is 6.29. The molecule has 1 aromatic heterocycles. The second kappa shape index (κ2) is 4.67. The van der Waals surface area contributed by atoms with Crippen molar-refractivity contribution in [3.8, 4) is 6.07 Å². The Morgan fingerprint density at radius 1 is 1.50 bits per heavy atom. The molecule has 0 spiro atoms. The van der Waals surface area contributed by atoms with Gasteiger partial charge in [0.25, 0.3) is 0 Å². The second-order valence-electron chi connectivity index (χ2n) is 4.98. The molecule has 2 bridgehead atoms. The summed E-state index contributed by atoms with van der Waals surface area (Å²) in [6.45, 7) is 0. The number of aliphatic hydroxyl groups is 1. The summed E-state index contributed by atoms with van der Waals surface area (Å²) in [6.07, 6.45) is 3.32. The van der Waals surface area contributed by atoms with Crippen LogP contribution >= 0.6 is 0 Å². The van der Waals surface area contributed by atoms with Crippen LogP contribution in [0.5, 0.6) is 0 Å². The number of aliphatic hydroxyl groups excluding tert-OH is 1. The first kappa shape index (κ1) is 11.6. The van der Waals surface area contributed by atoms with Crippen molar-refractivity contribution >= 4 is 0 Å². The smallest absolute Gasteiger partial charge is 0.229 e. The fourth-order valence-electron chi connectivity index (χ4n) is 2.79. The monoisotopic (exact) mass is 249 g/mol. The summed E-state index contributed by atoms with van der Waals surface area (Å²) in [5.74, 6) is 1.31. The summed E-state index contributed by atoms with van der Waals surface area (Å²) in [6, 6.07) is 1.91. The highest BCUT2D eigenvalue weighted by Crippen LogP contribution is 2.43. The average molecular weight is 249 g/mol. The highest BCUT2D eigenvalue weighted by molar-refractivity contribution is 5.07. The number of nitrogens with zero attached hydrogens (tertiary/aromatic N) is 3. The maximum absolute atomic E-state index is 9.51. The molecule has 0 aromatic carbocycles. The second-order valence-corrected chi connectivity index (χ2v) is 4.98. The predicted molar refractivity (Wildman–Crippen MR) is 59.5 cm³/mol. The highest BCUT2D eigenvalue weighted by atomic mass is 16.5. The lowest BCUT2D eigenvalue weighted by molar-refractivity contribution is 0.0996. The SMILES string of the molecule is N#CCC(O)Cc1nc(C2CC3CCC2O3)no1. The Morgan fingerprint density at radius 2 is 2.39 bits per heavy atom. The molecule has 1 aromatic rings. The van der Waals surface area contributed by atoms with Crippen LogP contribution in [-0.4, -0.2) is 33.6 Å². The van der Waals surface area contributed by atoms with Crippen LogP contribution in [0.2, 0.25) is 0 Å². The van der Waals surface area contributed by atoms with Crippen LogP contribution in [0.3, 0.4) is 0 Å². The van der Waals surface area contributed by atoms with E-state index in [4.69, 9.17) is 14.5 Å². The summed E-state index contributed by atoms with van der Waals surface area (Å²) in [4.78, 5) is 4.31. The molecular weight excluding hydrogens is 234 g/mol. The lowest BCUT2D eigenvalue weighted by Gasteiger charge is -2.13. The van der Waals surface area contributed by atoms with Crippen LogP contribution in [-0.2, 0) is 11.2 Å². The van der Waals surface area contributed by atoms with E-state index in [0.717, 1.165) is 19.3 Å². The molecule has 2 aliphatic heterocycles. The molecule has 2 fully saturated rings. The molecule has 0 radical (unpaired) electrons. The Morgan fingerprint density at radius 3 is 3.06 bits per heavy atom. The van der Waals surface area contributed by atoms with E-state index in [1.54, 1.807) is 0 Å². The van der Waals surface area contributed by atoms with Crippen molar-refractivity contribution in [1.82, 2.24) is 10.1 Å². The summed E-state index contributed by atoms with van der Waals surface area (Å²) >= 11 is 0. The Labute approximate surface area is 105 Å². The van der Waals surface area contributed by atoms with E-state index in [-0.39, 0.29) is 24.9 Å². The van der Waals surface area contributed by atoms with Gasteiger partial charge in [-0.25, -0.2) is 0 Å². The van der Waals surface area contributed by atoms with E-state index < -0.39 is 6.10 Å². The number of hydrogen-bond acceptors (Lipinski definition) is 6. The largest absolute Gasteiger partial charge is 0.392 e. The van der Waals surface area contributed by atoms with Gasteiger partial charge in [-0.05, 0) is 19.3 Å². The van der Waals surface area contributed by atoms with E-state index in [1.807, 2.05) is 6.07 Å². The number of hydrogen-bond donors (Lipinski definition) is 1. The lowest BCUT2D eigenvalue weighted by atomic mass is 9.89. The lowest BCUT2D eigenvalue weighted by Crippen LogP contribution is -2.16. The average Bonchev–Trinajstić information content (AvgIpc) is 3.03. The van der Waals surface area contributed by atoms with E-state index in [0.29, 0.717) is 17.8 Å². The van der Waals surface area contributed by atoms with Gasteiger partial charge in [-0.15, -0.1) is 0 Å². The molecule has 1 N–H and O–H groups in total. The normalized spacial score (nSPS) is 31.4. The van der Waals surface area contributed by atoms with Crippen molar-refractivity contribution in [2.45, 2.75) is 56.3 Å². The summed E-state index contributed by atoms with van der Waals surface area (Å²) in [5, 5.41) is 21.9. The van der Waals surface area contributed by atoms with Gasteiger partial charge in [0.05, 0.1) is 43.1 Å². The maximum atomic E-state index is 9.51. The van der Waals surface area contributed by atoms with Crippen molar-refractivity contribution in [2.24, 2.45) is 0 Å². The summed E-state index contributed by atoms with van der Waals surface area (Å²) < 4.78 is 10.9. The van der Waals surface area contributed by atoms with Gasteiger partial charge < -0.3 is 14.4 Å². The van der Waals surface area contributed by atoms with Crippen LogP contribution in [0.4, 0.5) is 0 Å². The maximum Gasteiger partial charge on any atom is 0.229 e. The first-order valence-corrected chi connectivity index (χ1v) is 6.29. The third kappa shape index (κ3) is 2.11. The van der Waals surface area contributed by atoms with Crippen molar-refractivity contribution in [1.29, 1.82) is 5.26 Å².